The third-order valence-electron chi connectivity index (χ3n) is 5.95. The number of nitrogens with zero attached hydrogens (tertiary/aromatic N) is 4. The third-order valence-corrected chi connectivity index (χ3v) is 5.95. The summed E-state index contributed by atoms with van der Waals surface area (Å²) >= 11 is 0. The minimum atomic E-state index is -4.63. The van der Waals surface area contributed by atoms with Gasteiger partial charge in [-0.3, -0.25) is 4.79 Å². The van der Waals surface area contributed by atoms with Crippen molar-refractivity contribution in [3.05, 3.63) is 94.8 Å². The van der Waals surface area contributed by atoms with Crippen molar-refractivity contribution in [1.82, 2.24) is 19.5 Å². The zero-order chi connectivity index (χ0) is 26.9. The molecule has 2 heterocycles. The van der Waals surface area contributed by atoms with Gasteiger partial charge >= 0.3 is 6.18 Å². The molecule has 38 heavy (non-hydrogen) atoms. The first-order valence-electron chi connectivity index (χ1n) is 11.9. The minimum Gasteiger partial charge on any atom is -0.351 e. The zero-order valence-corrected chi connectivity index (χ0v) is 20.6. The fraction of sp³-hybridized carbons (Fsp3) is 0.214. The van der Waals surface area contributed by atoms with Crippen LogP contribution in [0.2, 0.25) is 0 Å². The lowest BCUT2D eigenvalue weighted by Crippen LogP contribution is -2.15. The van der Waals surface area contributed by atoms with E-state index in [1.807, 2.05) is 6.92 Å². The second kappa shape index (κ2) is 10.0. The fourth-order valence-electron chi connectivity index (χ4n) is 3.74. The van der Waals surface area contributed by atoms with Gasteiger partial charge in [-0.2, -0.15) is 13.2 Å². The van der Waals surface area contributed by atoms with E-state index in [0.29, 0.717) is 28.8 Å². The highest BCUT2D eigenvalue weighted by atomic mass is 19.4. The number of rotatable bonds is 5. The lowest BCUT2D eigenvalue weighted by molar-refractivity contribution is -0.137. The molecule has 0 aliphatic heterocycles. The van der Waals surface area contributed by atoms with E-state index in [0.717, 1.165) is 24.5 Å². The van der Waals surface area contributed by atoms with Crippen LogP contribution in [0.1, 0.15) is 51.1 Å². The van der Waals surface area contributed by atoms with Crippen molar-refractivity contribution in [3.63, 3.8) is 0 Å². The second-order valence-electron chi connectivity index (χ2n) is 9.10. The van der Waals surface area contributed by atoms with Crippen LogP contribution in [0, 0.1) is 25.7 Å². The smallest absolute Gasteiger partial charge is 0.351 e. The molecular formula is C28H23F3N6O. The Bertz CT molecular complexity index is 1560. The highest BCUT2D eigenvalue weighted by Crippen LogP contribution is 2.36. The van der Waals surface area contributed by atoms with Gasteiger partial charge in [-0.25, -0.2) is 15.0 Å². The van der Waals surface area contributed by atoms with Gasteiger partial charge in [-0.05, 0) is 62.6 Å². The summed E-state index contributed by atoms with van der Waals surface area (Å²) in [4.78, 5) is 25.4. The Labute approximate surface area is 217 Å². The lowest BCUT2D eigenvalue weighted by atomic mass is 10.0. The predicted octanol–water partition coefficient (Wildman–Crippen LogP) is 5.52. The van der Waals surface area contributed by atoms with Crippen LogP contribution in [-0.2, 0) is 6.18 Å². The quantitative estimate of drug-likeness (QED) is 0.341. The molecule has 0 radical (unpaired) electrons. The van der Waals surface area contributed by atoms with E-state index in [2.05, 4.69) is 37.4 Å². The largest absolute Gasteiger partial charge is 0.418 e. The Kier molecular flexibility index (Phi) is 6.59. The number of aryl methyl sites for hydroxylation is 2. The summed E-state index contributed by atoms with van der Waals surface area (Å²) in [5, 5.41) is 5.77. The summed E-state index contributed by atoms with van der Waals surface area (Å²) < 4.78 is 42.7. The van der Waals surface area contributed by atoms with E-state index in [1.54, 1.807) is 37.5 Å². The van der Waals surface area contributed by atoms with E-state index in [9.17, 15) is 18.0 Å². The van der Waals surface area contributed by atoms with Crippen LogP contribution in [0.15, 0.2) is 61.3 Å². The summed E-state index contributed by atoms with van der Waals surface area (Å²) in [6, 6.07) is 9.04. The maximum atomic E-state index is 13.8. The molecule has 0 unspecified atom stereocenters. The van der Waals surface area contributed by atoms with E-state index >= 15 is 0 Å². The van der Waals surface area contributed by atoms with Gasteiger partial charge in [0.05, 0.1) is 28.8 Å². The predicted molar refractivity (Wildman–Crippen MR) is 137 cm³/mol. The molecule has 0 spiro atoms. The Balaban J connectivity index is 1.35. The molecule has 2 aromatic heterocycles. The molecule has 2 N–H and O–H groups in total. The van der Waals surface area contributed by atoms with Gasteiger partial charge in [-0.1, -0.05) is 17.9 Å². The SMILES string of the molecule is Cc1cn(-c2ccc(NC(=O)c3ccc(C)c(C#Cc4cnc(NC5CC5)nc4)c3)cc2C(F)(F)F)cn1. The van der Waals surface area contributed by atoms with Crippen molar-refractivity contribution >= 4 is 17.5 Å². The highest BCUT2D eigenvalue weighted by Gasteiger charge is 2.34. The molecule has 192 valence electrons. The number of imidazole rings is 1. The number of aromatic nitrogens is 4. The van der Waals surface area contributed by atoms with Crippen LogP contribution < -0.4 is 10.6 Å². The molecule has 1 fully saturated rings. The number of carbonyl (C=O) groups is 1. The van der Waals surface area contributed by atoms with Gasteiger partial charge < -0.3 is 15.2 Å². The van der Waals surface area contributed by atoms with Gasteiger partial charge in [0.2, 0.25) is 5.95 Å². The molecular weight excluding hydrogens is 493 g/mol. The van der Waals surface area contributed by atoms with Gasteiger partial charge in [-0.15, -0.1) is 0 Å². The average Bonchev–Trinajstić information content (AvgIpc) is 3.60. The summed E-state index contributed by atoms with van der Waals surface area (Å²) in [5.41, 5.74) is 1.99. The molecule has 7 nitrogen and oxygen atoms in total. The first kappa shape index (κ1) is 25.0. The molecule has 4 aromatic rings. The molecule has 1 aliphatic rings. The molecule has 5 rings (SSSR count). The Morgan fingerprint density at radius 2 is 1.79 bits per heavy atom. The molecule has 10 heteroatoms. The normalized spacial score (nSPS) is 13.0. The fourth-order valence-corrected chi connectivity index (χ4v) is 3.74. The van der Waals surface area contributed by atoms with Gasteiger partial charge in [0, 0.05) is 41.4 Å². The molecule has 1 amide bonds. The number of anilines is 2. The average molecular weight is 517 g/mol. The van der Waals surface area contributed by atoms with Crippen molar-refractivity contribution < 1.29 is 18.0 Å². The van der Waals surface area contributed by atoms with Crippen molar-refractivity contribution in [3.8, 4) is 17.5 Å². The van der Waals surface area contributed by atoms with E-state index < -0.39 is 17.6 Å². The van der Waals surface area contributed by atoms with Gasteiger partial charge in [0.15, 0.2) is 0 Å². The van der Waals surface area contributed by atoms with Crippen molar-refractivity contribution in [2.75, 3.05) is 10.6 Å². The molecule has 2 aromatic carbocycles. The molecule has 0 atom stereocenters. The Morgan fingerprint density at radius 3 is 2.45 bits per heavy atom. The standard InChI is InChI=1S/C28H23F3N6O/c1-17-3-5-21(11-20(17)6-4-19-13-32-27(33-14-19)36-22-7-8-22)26(38)35-23-9-10-25(24(12-23)28(29,30)31)37-15-18(2)34-16-37/h3,5,9-16,22H,7-8H2,1-2H3,(H,35,38)(H,32,33,36). The number of hydrogen-bond acceptors (Lipinski definition) is 5. The van der Waals surface area contributed by atoms with Gasteiger partial charge in [0.1, 0.15) is 0 Å². The van der Waals surface area contributed by atoms with E-state index in [1.165, 1.54) is 29.2 Å². The third kappa shape index (κ3) is 5.83. The second-order valence-corrected chi connectivity index (χ2v) is 9.10. The Morgan fingerprint density at radius 1 is 1.03 bits per heavy atom. The summed E-state index contributed by atoms with van der Waals surface area (Å²) in [7, 11) is 0. The number of amides is 1. The number of nitrogens with one attached hydrogen (secondary N) is 2. The number of alkyl halides is 3. The highest BCUT2D eigenvalue weighted by molar-refractivity contribution is 6.04. The van der Waals surface area contributed by atoms with Crippen LogP contribution >= 0.6 is 0 Å². The Hall–Kier alpha value is -4.65. The van der Waals surface area contributed by atoms with Crippen LogP contribution in [0.5, 0.6) is 0 Å². The van der Waals surface area contributed by atoms with Crippen molar-refractivity contribution in [2.45, 2.75) is 38.9 Å². The van der Waals surface area contributed by atoms with Crippen LogP contribution in [0.4, 0.5) is 24.8 Å². The number of carbonyl (C=O) groups excluding carboxylic acids is 1. The summed E-state index contributed by atoms with van der Waals surface area (Å²) in [5.74, 6) is 6.04. The number of benzene rings is 2. The summed E-state index contributed by atoms with van der Waals surface area (Å²) in [6.07, 6.45) is 3.69. The molecule has 1 saturated carbocycles. The zero-order valence-electron chi connectivity index (χ0n) is 20.6. The van der Waals surface area contributed by atoms with Crippen molar-refractivity contribution in [1.29, 1.82) is 0 Å². The van der Waals surface area contributed by atoms with Crippen LogP contribution in [0.3, 0.4) is 0 Å². The van der Waals surface area contributed by atoms with E-state index in [4.69, 9.17) is 0 Å². The van der Waals surface area contributed by atoms with Gasteiger partial charge in [0.25, 0.3) is 5.91 Å². The number of hydrogen-bond donors (Lipinski definition) is 2. The minimum absolute atomic E-state index is 0.0215. The first-order valence-corrected chi connectivity index (χ1v) is 11.9. The van der Waals surface area contributed by atoms with Crippen LogP contribution in [-0.4, -0.2) is 31.5 Å². The maximum absolute atomic E-state index is 13.8. The molecule has 1 aliphatic carbocycles. The topological polar surface area (TPSA) is 84.7 Å². The molecule has 0 bridgehead atoms. The molecule has 0 saturated heterocycles. The van der Waals surface area contributed by atoms with Crippen molar-refractivity contribution in [2.24, 2.45) is 0 Å². The maximum Gasteiger partial charge on any atom is 0.418 e. The monoisotopic (exact) mass is 516 g/mol. The lowest BCUT2D eigenvalue weighted by Gasteiger charge is -2.15. The van der Waals surface area contributed by atoms with Crippen LogP contribution in [0.25, 0.3) is 5.69 Å². The number of halogens is 3. The first-order chi connectivity index (χ1) is 18.2. The summed E-state index contributed by atoms with van der Waals surface area (Å²) in [6.45, 7) is 3.55. The van der Waals surface area contributed by atoms with E-state index in [-0.39, 0.29) is 16.9 Å².